The summed E-state index contributed by atoms with van der Waals surface area (Å²) in [5.74, 6) is 0. The molecule has 0 unspecified atom stereocenters. The van der Waals surface area contributed by atoms with Crippen LogP contribution in [0.2, 0.25) is 0 Å². The van der Waals surface area contributed by atoms with Gasteiger partial charge in [0.1, 0.15) is 0 Å². The molecule has 0 amide bonds. The van der Waals surface area contributed by atoms with Crippen molar-refractivity contribution in [3.05, 3.63) is 0 Å². The monoisotopic (exact) mass is 274 g/mol. The second-order valence-corrected chi connectivity index (χ2v) is 5.87. The fraction of sp³-hybridized carbons (Fsp3) is 1.00. The molecule has 0 atom stereocenters. The summed E-state index contributed by atoms with van der Waals surface area (Å²) in [5.41, 5.74) is -0.370. The summed E-state index contributed by atoms with van der Waals surface area (Å²) >= 11 is 0. The van der Waals surface area contributed by atoms with Gasteiger partial charge in [0, 0.05) is 12.0 Å². The highest BCUT2D eigenvalue weighted by molar-refractivity contribution is 4.77. The normalized spacial score (nSPS) is 12.0. The summed E-state index contributed by atoms with van der Waals surface area (Å²) in [6.45, 7) is 2.43. The second-order valence-electron chi connectivity index (χ2n) is 5.87. The van der Waals surface area contributed by atoms with Crippen LogP contribution in [0.25, 0.3) is 0 Å². The minimum absolute atomic E-state index is 0.0278. The molecule has 0 rings (SSSR count). The second kappa shape index (κ2) is 12.9. The van der Waals surface area contributed by atoms with Crippen molar-refractivity contribution >= 4 is 0 Å². The molecule has 0 aromatic heterocycles. The van der Waals surface area contributed by atoms with E-state index in [2.05, 4.69) is 6.92 Å². The van der Waals surface area contributed by atoms with Crippen LogP contribution in [-0.2, 0) is 0 Å². The van der Waals surface area contributed by atoms with Crippen molar-refractivity contribution in [3.63, 3.8) is 0 Å². The third-order valence-electron chi connectivity index (χ3n) is 4.10. The Kier molecular flexibility index (Phi) is 12.8. The standard InChI is InChI=1S/C16H34O3/c1-2-3-4-5-6-7-8-9-11-16(14-18,15-19)12-10-13-17/h17-19H,2-15H2,1H3. The summed E-state index contributed by atoms with van der Waals surface area (Å²) in [6, 6.07) is 0. The van der Waals surface area contributed by atoms with Gasteiger partial charge in [0.15, 0.2) is 0 Å². The van der Waals surface area contributed by atoms with Gasteiger partial charge in [-0.3, -0.25) is 0 Å². The van der Waals surface area contributed by atoms with E-state index >= 15 is 0 Å². The Morgan fingerprint density at radius 2 is 1.11 bits per heavy atom. The molecular formula is C16H34O3. The minimum Gasteiger partial charge on any atom is -0.396 e. The Labute approximate surface area is 119 Å². The van der Waals surface area contributed by atoms with Gasteiger partial charge in [-0.2, -0.15) is 0 Å². The molecular weight excluding hydrogens is 240 g/mol. The summed E-state index contributed by atoms with van der Waals surface area (Å²) < 4.78 is 0. The predicted molar refractivity (Wildman–Crippen MR) is 80.2 cm³/mol. The maximum Gasteiger partial charge on any atom is 0.0509 e. The summed E-state index contributed by atoms with van der Waals surface area (Å²) in [6.07, 6.45) is 12.4. The molecule has 3 nitrogen and oxygen atoms in total. The molecule has 0 saturated heterocycles. The number of aliphatic hydroxyl groups excluding tert-OH is 3. The molecule has 0 aliphatic heterocycles. The Hall–Kier alpha value is -0.120. The first-order valence-electron chi connectivity index (χ1n) is 8.07. The molecule has 0 spiro atoms. The largest absolute Gasteiger partial charge is 0.396 e. The van der Waals surface area contributed by atoms with E-state index in [-0.39, 0.29) is 25.2 Å². The molecule has 0 bridgehead atoms. The highest BCUT2D eigenvalue weighted by Crippen LogP contribution is 2.29. The van der Waals surface area contributed by atoms with Crippen LogP contribution in [0.4, 0.5) is 0 Å². The lowest BCUT2D eigenvalue weighted by Crippen LogP contribution is -2.30. The number of unbranched alkanes of at least 4 members (excludes halogenated alkanes) is 7. The van der Waals surface area contributed by atoms with Gasteiger partial charge in [-0.05, 0) is 19.3 Å². The van der Waals surface area contributed by atoms with E-state index < -0.39 is 0 Å². The molecule has 0 aliphatic rings. The zero-order chi connectivity index (χ0) is 14.4. The van der Waals surface area contributed by atoms with E-state index in [1.165, 1.54) is 44.9 Å². The average Bonchev–Trinajstić information content (AvgIpc) is 2.45. The van der Waals surface area contributed by atoms with E-state index in [1.807, 2.05) is 0 Å². The number of rotatable bonds is 14. The third kappa shape index (κ3) is 9.42. The van der Waals surface area contributed by atoms with Gasteiger partial charge in [-0.1, -0.05) is 58.3 Å². The van der Waals surface area contributed by atoms with Crippen LogP contribution in [0.3, 0.4) is 0 Å². The number of hydrogen-bond acceptors (Lipinski definition) is 3. The van der Waals surface area contributed by atoms with Gasteiger partial charge in [-0.15, -0.1) is 0 Å². The molecule has 116 valence electrons. The molecule has 0 fully saturated rings. The van der Waals surface area contributed by atoms with Gasteiger partial charge in [0.25, 0.3) is 0 Å². The maximum atomic E-state index is 9.46. The van der Waals surface area contributed by atoms with Crippen LogP contribution in [0.15, 0.2) is 0 Å². The van der Waals surface area contributed by atoms with Crippen molar-refractivity contribution in [2.75, 3.05) is 19.8 Å². The van der Waals surface area contributed by atoms with Crippen LogP contribution in [0.1, 0.15) is 77.6 Å². The van der Waals surface area contributed by atoms with Crippen molar-refractivity contribution in [2.45, 2.75) is 77.6 Å². The predicted octanol–water partition coefficient (Wildman–Crippen LogP) is 3.26. The quantitative estimate of drug-likeness (QED) is 0.426. The maximum absolute atomic E-state index is 9.46. The van der Waals surface area contributed by atoms with Gasteiger partial charge in [0.05, 0.1) is 13.2 Å². The van der Waals surface area contributed by atoms with Gasteiger partial charge >= 0.3 is 0 Å². The minimum atomic E-state index is -0.370. The lowest BCUT2D eigenvalue weighted by atomic mass is 9.80. The van der Waals surface area contributed by atoms with E-state index in [9.17, 15) is 10.2 Å². The Bertz CT molecular complexity index is 179. The highest BCUT2D eigenvalue weighted by Gasteiger charge is 2.27. The SMILES string of the molecule is CCCCCCCCCCC(CO)(CO)CCCO. The van der Waals surface area contributed by atoms with Gasteiger partial charge < -0.3 is 15.3 Å². The molecule has 0 heterocycles. The first kappa shape index (κ1) is 18.9. The van der Waals surface area contributed by atoms with Gasteiger partial charge in [0.2, 0.25) is 0 Å². The first-order chi connectivity index (χ1) is 9.24. The lowest BCUT2D eigenvalue weighted by molar-refractivity contribution is 0.0321. The third-order valence-corrected chi connectivity index (χ3v) is 4.10. The summed E-state index contributed by atoms with van der Waals surface area (Å²) in [4.78, 5) is 0. The van der Waals surface area contributed by atoms with Crippen molar-refractivity contribution in [1.82, 2.24) is 0 Å². The number of aliphatic hydroxyl groups is 3. The van der Waals surface area contributed by atoms with Crippen molar-refractivity contribution in [1.29, 1.82) is 0 Å². The number of hydrogen-bond donors (Lipinski definition) is 3. The van der Waals surface area contributed by atoms with E-state index in [0.29, 0.717) is 12.8 Å². The molecule has 19 heavy (non-hydrogen) atoms. The van der Waals surface area contributed by atoms with E-state index in [0.717, 1.165) is 12.8 Å². The fourth-order valence-electron chi connectivity index (χ4n) is 2.58. The van der Waals surface area contributed by atoms with Crippen LogP contribution < -0.4 is 0 Å². The lowest BCUT2D eigenvalue weighted by Gasteiger charge is -2.29. The topological polar surface area (TPSA) is 60.7 Å². The van der Waals surface area contributed by atoms with E-state index in [1.54, 1.807) is 0 Å². The highest BCUT2D eigenvalue weighted by atomic mass is 16.3. The summed E-state index contributed by atoms with van der Waals surface area (Å²) in [7, 11) is 0. The van der Waals surface area contributed by atoms with Gasteiger partial charge in [-0.25, -0.2) is 0 Å². The zero-order valence-corrected chi connectivity index (χ0v) is 12.7. The van der Waals surface area contributed by atoms with Crippen molar-refractivity contribution < 1.29 is 15.3 Å². The Balaban J connectivity index is 3.63. The first-order valence-corrected chi connectivity index (χ1v) is 8.07. The molecule has 0 aliphatic carbocycles. The molecule has 3 N–H and O–H groups in total. The van der Waals surface area contributed by atoms with Crippen LogP contribution in [0.5, 0.6) is 0 Å². The fourth-order valence-corrected chi connectivity index (χ4v) is 2.58. The van der Waals surface area contributed by atoms with Crippen LogP contribution in [0, 0.1) is 5.41 Å². The molecule has 3 heteroatoms. The molecule has 0 aromatic rings. The molecule has 0 aromatic carbocycles. The van der Waals surface area contributed by atoms with Crippen LogP contribution in [-0.4, -0.2) is 35.1 Å². The van der Waals surface area contributed by atoms with Crippen LogP contribution >= 0.6 is 0 Å². The Morgan fingerprint density at radius 3 is 1.58 bits per heavy atom. The van der Waals surface area contributed by atoms with Crippen molar-refractivity contribution in [3.8, 4) is 0 Å². The summed E-state index contributed by atoms with van der Waals surface area (Å²) in [5, 5.41) is 27.8. The van der Waals surface area contributed by atoms with Crippen molar-refractivity contribution in [2.24, 2.45) is 5.41 Å². The smallest absolute Gasteiger partial charge is 0.0509 e. The van der Waals surface area contributed by atoms with E-state index in [4.69, 9.17) is 5.11 Å². The molecule has 0 radical (unpaired) electrons. The Morgan fingerprint density at radius 1 is 0.632 bits per heavy atom. The zero-order valence-electron chi connectivity index (χ0n) is 12.7. The molecule has 0 saturated carbocycles. The average molecular weight is 274 g/mol.